The molecular weight excluding hydrogens is 240 g/mol. The van der Waals surface area contributed by atoms with Gasteiger partial charge in [-0.3, -0.25) is 0 Å². The van der Waals surface area contributed by atoms with Gasteiger partial charge in [0.1, 0.15) is 12.4 Å². The van der Waals surface area contributed by atoms with Gasteiger partial charge in [-0.05, 0) is 24.5 Å². The molecule has 1 aromatic carbocycles. The molecule has 0 radical (unpaired) electrons. The van der Waals surface area contributed by atoms with Crippen LogP contribution in [0.25, 0.3) is 0 Å². The SMILES string of the molecule is Fc1ccc(OCCNCC2CCOC2)c(F)c1. The van der Waals surface area contributed by atoms with Gasteiger partial charge in [0, 0.05) is 25.8 Å². The van der Waals surface area contributed by atoms with Gasteiger partial charge in [-0.1, -0.05) is 0 Å². The average molecular weight is 257 g/mol. The van der Waals surface area contributed by atoms with E-state index in [-0.39, 0.29) is 5.75 Å². The zero-order valence-corrected chi connectivity index (χ0v) is 10.1. The molecule has 1 atom stereocenters. The fourth-order valence-electron chi connectivity index (χ4n) is 1.88. The summed E-state index contributed by atoms with van der Waals surface area (Å²) in [5, 5.41) is 3.23. The fourth-order valence-corrected chi connectivity index (χ4v) is 1.88. The molecule has 1 aliphatic heterocycles. The summed E-state index contributed by atoms with van der Waals surface area (Å²) in [6.07, 6.45) is 1.08. The fraction of sp³-hybridized carbons (Fsp3) is 0.538. The summed E-state index contributed by atoms with van der Waals surface area (Å²) in [5.41, 5.74) is 0. The van der Waals surface area contributed by atoms with Crippen LogP contribution >= 0.6 is 0 Å². The van der Waals surface area contributed by atoms with Crippen LogP contribution in [0.15, 0.2) is 18.2 Å². The van der Waals surface area contributed by atoms with Gasteiger partial charge in [-0.2, -0.15) is 0 Å². The van der Waals surface area contributed by atoms with Crippen molar-refractivity contribution in [1.82, 2.24) is 5.32 Å². The minimum atomic E-state index is -0.667. The molecular formula is C13H17F2NO2. The number of rotatable bonds is 6. The number of benzene rings is 1. The third kappa shape index (κ3) is 3.92. The molecule has 18 heavy (non-hydrogen) atoms. The molecule has 0 aliphatic carbocycles. The van der Waals surface area contributed by atoms with Gasteiger partial charge < -0.3 is 14.8 Å². The molecule has 1 N–H and O–H groups in total. The zero-order chi connectivity index (χ0) is 12.8. The van der Waals surface area contributed by atoms with Crippen molar-refractivity contribution in [2.75, 3.05) is 32.9 Å². The van der Waals surface area contributed by atoms with Crippen LogP contribution in [0.4, 0.5) is 8.78 Å². The zero-order valence-electron chi connectivity index (χ0n) is 10.1. The maximum Gasteiger partial charge on any atom is 0.167 e. The van der Waals surface area contributed by atoms with E-state index in [1.54, 1.807) is 0 Å². The summed E-state index contributed by atoms with van der Waals surface area (Å²) in [6.45, 7) is 3.52. The second-order valence-electron chi connectivity index (χ2n) is 4.36. The molecule has 1 saturated heterocycles. The standard InChI is InChI=1S/C13H17F2NO2/c14-11-1-2-13(12(15)7-11)18-6-4-16-8-10-3-5-17-9-10/h1-2,7,10,16H,3-6,8-9H2. The summed E-state index contributed by atoms with van der Waals surface area (Å²) in [4.78, 5) is 0. The van der Waals surface area contributed by atoms with E-state index in [2.05, 4.69) is 5.32 Å². The van der Waals surface area contributed by atoms with Gasteiger partial charge in [0.25, 0.3) is 0 Å². The van der Waals surface area contributed by atoms with Gasteiger partial charge >= 0.3 is 0 Å². The quantitative estimate of drug-likeness (QED) is 0.790. The molecule has 1 fully saturated rings. The summed E-state index contributed by atoms with van der Waals surface area (Å²) in [5.74, 6) is -0.617. The predicted molar refractivity (Wildman–Crippen MR) is 63.6 cm³/mol. The lowest BCUT2D eigenvalue weighted by molar-refractivity contribution is 0.184. The van der Waals surface area contributed by atoms with Crippen LogP contribution in [0.3, 0.4) is 0 Å². The van der Waals surface area contributed by atoms with E-state index in [1.807, 2.05) is 0 Å². The lowest BCUT2D eigenvalue weighted by Gasteiger charge is -2.10. The van der Waals surface area contributed by atoms with Crippen molar-refractivity contribution < 1.29 is 18.3 Å². The topological polar surface area (TPSA) is 30.5 Å². The van der Waals surface area contributed by atoms with Gasteiger partial charge in [0.2, 0.25) is 0 Å². The number of nitrogens with one attached hydrogen (secondary N) is 1. The summed E-state index contributed by atoms with van der Waals surface area (Å²) in [7, 11) is 0. The van der Waals surface area contributed by atoms with Crippen LogP contribution in [0.1, 0.15) is 6.42 Å². The van der Waals surface area contributed by atoms with Crippen LogP contribution in [-0.4, -0.2) is 32.9 Å². The van der Waals surface area contributed by atoms with Crippen molar-refractivity contribution in [2.45, 2.75) is 6.42 Å². The van der Waals surface area contributed by atoms with E-state index >= 15 is 0 Å². The van der Waals surface area contributed by atoms with E-state index in [0.717, 1.165) is 32.2 Å². The largest absolute Gasteiger partial charge is 0.489 e. The van der Waals surface area contributed by atoms with E-state index in [9.17, 15) is 8.78 Å². The summed E-state index contributed by atoms with van der Waals surface area (Å²) >= 11 is 0. The second-order valence-corrected chi connectivity index (χ2v) is 4.36. The van der Waals surface area contributed by atoms with Gasteiger partial charge in [-0.25, -0.2) is 8.78 Å². The number of halogens is 2. The maximum atomic E-state index is 13.2. The molecule has 1 unspecified atom stereocenters. The van der Waals surface area contributed by atoms with E-state index < -0.39 is 11.6 Å². The Hall–Kier alpha value is -1.20. The molecule has 0 aromatic heterocycles. The molecule has 0 amide bonds. The molecule has 5 heteroatoms. The summed E-state index contributed by atoms with van der Waals surface area (Å²) < 4.78 is 36.3. The van der Waals surface area contributed by atoms with Crippen molar-refractivity contribution >= 4 is 0 Å². The number of hydrogen-bond acceptors (Lipinski definition) is 3. The van der Waals surface area contributed by atoms with E-state index in [4.69, 9.17) is 9.47 Å². The highest BCUT2D eigenvalue weighted by atomic mass is 19.1. The third-order valence-electron chi connectivity index (χ3n) is 2.89. The molecule has 1 aromatic rings. The normalized spacial score (nSPS) is 19.1. The highest BCUT2D eigenvalue weighted by molar-refractivity contribution is 5.24. The minimum Gasteiger partial charge on any atom is -0.489 e. The smallest absolute Gasteiger partial charge is 0.167 e. The van der Waals surface area contributed by atoms with E-state index in [1.165, 1.54) is 12.1 Å². The molecule has 100 valence electrons. The van der Waals surface area contributed by atoms with Crippen LogP contribution in [-0.2, 0) is 4.74 Å². The first-order valence-corrected chi connectivity index (χ1v) is 6.12. The van der Waals surface area contributed by atoms with Gasteiger partial charge in [0.15, 0.2) is 11.6 Å². The van der Waals surface area contributed by atoms with Crippen molar-refractivity contribution in [2.24, 2.45) is 5.92 Å². The van der Waals surface area contributed by atoms with Crippen LogP contribution < -0.4 is 10.1 Å². The first kappa shape index (κ1) is 13.2. The maximum absolute atomic E-state index is 13.2. The second kappa shape index (κ2) is 6.66. The van der Waals surface area contributed by atoms with Gasteiger partial charge in [0.05, 0.1) is 6.61 Å². The van der Waals surface area contributed by atoms with Gasteiger partial charge in [-0.15, -0.1) is 0 Å². The Morgan fingerprint density at radius 2 is 2.28 bits per heavy atom. The number of hydrogen-bond donors (Lipinski definition) is 1. The van der Waals surface area contributed by atoms with Crippen molar-refractivity contribution in [3.05, 3.63) is 29.8 Å². The Kier molecular flexibility index (Phi) is 4.90. The van der Waals surface area contributed by atoms with E-state index in [0.29, 0.717) is 19.1 Å². The molecule has 1 heterocycles. The first-order valence-electron chi connectivity index (χ1n) is 6.12. The summed E-state index contributed by atoms with van der Waals surface area (Å²) in [6, 6.07) is 3.30. The lowest BCUT2D eigenvalue weighted by Crippen LogP contribution is -2.27. The molecule has 3 nitrogen and oxygen atoms in total. The highest BCUT2D eigenvalue weighted by Gasteiger charge is 2.14. The molecule has 0 saturated carbocycles. The number of ether oxygens (including phenoxy) is 2. The Morgan fingerprint density at radius 3 is 3.00 bits per heavy atom. The van der Waals surface area contributed by atoms with Crippen LogP contribution in [0, 0.1) is 17.6 Å². The highest BCUT2D eigenvalue weighted by Crippen LogP contribution is 2.17. The average Bonchev–Trinajstić information content (AvgIpc) is 2.84. The van der Waals surface area contributed by atoms with Crippen LogP contribution in [0.2, 0.25) is 0 Å². The third-order valence-corrected chi connectivity index (χ3v) is 2.89. The molecule has 2 rings (SSSR count). The lowest BCUT2D eigenvalue weighted by atomic mass is 10.1. The van der Waals surface area contributed by atoms with Crippen molar-refractivity contribution in [1.29, 1.82) is 0 Å². The van der Waals surface area contributed by atoms with Crippen molar-refractivity contribution in [3.63, 3.8) is 0 Å². The van der Waals surface area contributed by atoms with Crippen LogP contribution in [0.5, 0.6) is 5.75 Å². The molecule has 0 spiro atoms. The Morgan fingerprint density at radius 1 is 1.39 bits per heavy atom. The predicted octanol–water partition coefficient (Wildman–Crippen LogP) is 1.97. The molecule has 0 bridgehead atoms. The Bertz CT molecular complexity index is 381. The Balaban J connectivity index is 1.62. The van der Waals surface area contributed by atoms with Crippen molar-refractivity contribution in [3.8, 4) is 5.75 Å². The molecule has 1 aliphatic rings. The Labute approximate surface area is 105 Å². The minimum absolute atomic E-state index is 0.0856. The first-order chi connectivity index (χ1) is 8.75. The monoisotopic (exact) mass is 257 g/mol.